The minimum Gasteiger partial charge on any atom is -0.375 e. The third kappa shape index (κ3) is 4.01. The number of nitrogens with two attached hydrogens (primary N) is 1. The normalized spacial score (nSPS) is 13.3. The number of thiazole rings is 1. The fraction of sp³-hybridized carbons (Fsp3) is 0.700. The standard InChI is InChI=1S/C10H19N3S2/c1-4-9(7-14-3)13(2)5-8-6-15-10(11)12-8/h6,9H,4-5,7H2,1-3H3,(H2,11,12). The van der Waals surface area contributed by atoms with Gasteiger partial charge in [-0.3, -0.25) is 4.90 Å². The van der Waals surface area contributed by atoms with Crippen molar-refractivity contribution in [3.8, 4) is 0 Å². The van der Waals surface area contributed by atoms with Gasteiger partial charge in [-0.25, -0.2) is 4.98 Å². The smallest absolute Gasteiger partial charge is 0.180 e. The molecular formula is C10H19N3S2. The van der Waals surface area contributed by atoms with E-state index in [0.717, 1.165) is 12.2 Å². The van der Waals surface area contributed by atoms with Gasteiger partial charge in [-0.15, -0.1) is 11.3 Å². The molecule has 86 valence electrons. The van der Waals surface area contributed by atoms with Crippen LogP contribution in [0, 0.1) is 0 Å². The predicted octanol–water partition coefficient (Wildman–Crippen LogP) is 2.30. The van der Waals surface area contributed by atoms with Crippen molar-refractivity contribution in [2.75, 3.05) is 24.8 Å². The van der Waals surface area contributed by atoms with Gasteiger partial charge in [0.25, 0.3) is 0 Å². The van der Waals surface area contributed by atoms with E-state index in [9.17, 15) is 0 Å². The maximum atomic E-state index is 5.61. The van der Waals surface area contributed by atoms with Crippen molar-refractivity contribution >= 4 is 28.2 Å². The predicted molar refractivity (Wildman–Crippen MR) is 70.5 cm³/mol. The van der Waals surface area contributed by atoms with E-state index in [4.69, 9.17) is 5.73 Å². The van der Waals surface area contributed by atoms with Gasteiger partial charge in [0.1, 0.15) is 0 Å². The highest BCUT2D eigenvalue weighted by atomic mass is 32.2. The van der Waals surface area contributed by atoms with E-state index in [1.165, 1.54) is 23.5 Å². The number of hydrogen-bond donors (Lipinski definition) is 1. The summed E-state index contributed by atoms with van der Waals surface area (Å²) in [6, 6.07) is 0.628. The van der Waals surface area contributed by atoms with Crippen LogP contribution in [-0.2, 0) is 6.54 Å². The highest BCUT2D eigenvalue weighted by Crippen LogP contribution is 2.15. The molecule has 0 bridgehead atoms. The monoisotopic (exact) mass is 245 g/mol. The molecule has 2 N–H and O–H groups in total. The Hall–Kier alpha value is -0.260. The fourth-order valence-electron chi connectivity index (χ4n) is 1.53. The van der Waals surface area contributed by atoms with Gasteiger partial charge < -0.3 is 5.73 Å². The Kier molecular flexibility index (Phi) is 5.42. The lowest BCUT2D eigenvalue weighted by atomic mass is 10.2. The number of thioether (sulfide) groups is 1. The van der Waals surface area contributed by atoms with E-state index in [-0.39, 0.29) is 0 Å². The minimum absolute atomic E-state index is 0.628. The Morgan fingerprint density at radius 2 is 2.40 bits per heavy atom. The average Bonchev–Trinajstić information content (AvgIpc) is 2.60. The van der Waals surface area contributed by atoms with Gasteiger partial charge in [0.15, 0.2) is 5.13 Å². The molecule has 3 nitrogen and oxygen atoms in total. The first kappa shape index (κ1) is 12.8. The first-order valence-corrected chi connectivity index (χ1v) is 7.33. The number of hydrogen-bond acceptors (Lipinski definition) is 5. The number of rotatable bonds is 6. The van der Waals surface area contributed by atoms with Crippen molar-refractivity contribution in [3.63, 3.8) is 0 Å². The molecule has 1 atom stereocenters. The topological polar surface area (TPSA) is 42.1 Å². The minimum atomic E-state index is 0.628. The van der Waals surface area contributed by atoms with Crippen LogP contribution in [0.5, 0.6) is 0 Å². The second kappa shape index (κ2) is 6.35. The molecule has 0 aliphatic heterocycles. The first-order valence-electron chi connectivity index (χ1n) is 5.06. The second-order valence-corrected chi connectivity index (χ2v) is 5.41. The maximum absolute atomic E-state index is 5.61. The summed E-state index contributed by atoms with van der Waals surface area (Å²) in [5.74, 6) is 1.17. The first-order chi connectivity index (χ1) is 7.17. The average molecular weight is 245 g/mol. The van der Waals surface area contributed by atoms with E-state index in [1.807, 2.05) is 17.1 Å². The molecule has 0 spiro atoms. The van der Waals surface area contributed by atoms with Crippen LogP contribution in [-0.4, -0.2) is 35.0 Å². The molecule has 1 aromatic rings. The Bertz CT molecular complexity index is 288. The third-order valence-electron chi connectivity index (χ3n) is 2.43. The summed E-state index contributed by atoms with van der Waals surface area (Å²) in [6.07, 6.45) is 3.33. The summed E-state index contributed by atoms with van der Waals surface area (Å²) < 4.78 is 0. The number of aromatic nitrogens is 1. The summed E-state index contributed by atoms with van der Waals surface area (Å²) >= 11 is 3.41. The molecule has 0 radical (unpaired) electrons. The fourth-order valence-corrected chi connectivity index (χ4v) is 2.96. The molecule has 0 aromatic carbocycles. The molecular weight excluding hydrogens is 226 g/mol. The summed E-state index contributed by atoms with van der Waals surface area (Å²) in [7, 11) is 2.15. The molecule has 1 heterocycles. The van der Waals surface area contributed by atoms with E-state index < -0.39 is 0 Å². The van der Waals surface area contributed by atoms with Crippen molar-refractivity contribution < 1.29 is 0 Å². The van der Waals surface area contributed by atoms with Gasteiger partial charge in [-0.1, -0.05) is 6.92 Å². The van der Waals surface area contributed by atoms with Crippen LogP contribution in [0.25, 0.3) is 0 Å². The maximum Gasteiger partial charge on any atom is 0.180 e. The largest absolute Gasteiger partial charge is 0.375 e. The molecule has 1 unspecified atom stereocenters. The Morgan fingerprint density at radius 1 is 1.67 bits per heavy atom. The highest BCUT2D eigenvalue weighted by Gasteiger charge is 2.13. The number of nitrogens with zero attached hydrogens (tertiary/aromatic N) is 2. The molecule has 5 heteroatoms. The van der Waals surface area contributed by atoms with Crippen molar-refractivity contribution in [2.24, 2.45) is 0 Å². The zero-order chi connectivity index (χ0) is 11.3. The zero-order valence-corrected chi connectivity index (χ0v) is 11.2. The molecule has 0 aliphatic carbocycles. The van der Waals surface area contributed by atoms with Crippen LogP contribution in [0.15, 0.2) is 5.38 Å². The van der Waals surface area contributed by atoms with Crippen LogP contribution >= 0.6 is 23.1 Å². The van der Waals surface area contributed by atoms with Crippen LogP contribution in [0.4, 0.5) is 5.13 Å². The molecule has 0 saturated carbocycles. The van der Waals surface area contributed by atoms with Gasteiger partial charge in [0.2, 0.25) is 0 Å². The quantitative estimate of drug-likeness (QED) is 0.835. The summed E-state index contributed by atoms with van der Waals surface area (Å²) in [6.45, 7) is 3.12. The van der Waals surface area contributed by atoms with E-state index in [0.29, 0.717) is 11.2 Å². The SMILES string of the molecule is CCC(CSC)N(C)Cc1csc(N)n1. The summed E-state index contributed by atoms with van der Waals surface area (Å²) in [4.78, 5) is 6.63. The zero-order valence-electron chi connectivity index (χ0n) is 9.56. The van der Waals surface area contributed by atoms with E-state index in [1.54, 1.807) is 0 Å². The van der Waals surface area contributed by atoms with E-state index in [2.05, 4.69) is 30.1 Å². The van der Waals surface area contributed by atoms with Gasteiger partial charge >= 0.3 is 0 Å². The molecule has 1 rings (SSSR count). The third-order valence-corrected chi connectivity index (χ3v) is 3.88. The summed E-state index contributed by atoms with van der Waals surface area (Å²) in [5.41, 5.74) is 6.69. The van der Waals surface area contributed by atoms with Crippen molar-refractivity contribution in [3.05, 3.63) is 11.1 Å². The van der Waals surface area contributed by atoms with Crippen molar-refractivity contribution in [1.29, 1.82) is 0 Å². The molecule has 1 aromatic heterocycles. The van der Waals surface area contributed by atoms with Crippen molar-refractivity contribution in [2.45, 2.75) is 25.9 Å². The Balaban J connectivity index is 2.49. The lowest BCUT2D eigenvalue weighted by Gasteiger charge is -2.25. The number of anilines is 1. The molecule has 15 heavy (non-hydrogen) atoms. The molecule has 0 aliphatic rings. The van der Waals surface area contributed by atoms with Gasteiger partial charge in [0.05, 0.1) is 5.69 Å². The van der Waals surface area contributed by atoms with Crippen LogP contribution in [0.1, 0.15) is 19.0 Å². The lowest BCUT2D eigenvalue weighted by molar-refractivity contribution is 0.245. The lowest BCUT2D eigenvalue weighted by Crippen LogP contribution is -2.32. The van der Waals surface area contributed by atoms with Crippen molar-refractivity contribution in [1.82, 2.24) is 9.88 Å². The van der Waals surface area contributed by atoms with E-state index >= 15 is 0 Å². The second-order valence-electron chi connectivity index (χ2n) is 3.61. The molecule has 0 fully saturated rings. The van der Waals surface area contributed by atoms with Gasteiger partial charge in [0, 0.05) is 23.7 Å². The van der Waals surface area contributed by atoms with Gasteiger partial charge in [-0.05, 0) is 19.7 Å². The van der Waals surface area contributed by atoms with Crippen LogP contribution in [0.2, 0.25) is 0 Å². The van der Waals surface area contributed by atoms with Crippen LogP contribution < -0.4 is 5.73 Å². The van der Waals surface area contributed by atoms with Crippen LogP contribution in [0.3, 0.4) is 0 Å². The molecule has 0 amide bonds. The van der Waals surface area contributed by atoms with Gasteiger partial charge in [-0.2, -0.15) is 11.8 Å². The Morgan fingerprint density at radius 3 is 2.87 bits per heavy atom. The summed E-state index contributed by atoms with van der Waals surface area (Å²) in [5, 5.41) is 2.70. The molecule has 0 saturated heterocycles. The number of nitrogen functional groups attached to an aromatic ring is 1. The Labute approximate surface area is 100 Å². The highest BCUT2D eigenvalue weighted by molar-refractivity contribution is 7.98.